The van der Waals surface area contributed by atoms with Gasteiger partial charge in [-0.15, -0.1) is 0 Å². The number of halogens is 2. The number of hydrogen-bond donors (Lipinski definition) is 1. The molecule has 3 nitrogen and oxygen atoms in total. The van der Waals surface area contributed by atoms with Crippen molar-refractivity contribution in [1.82, 2.24) is 5.32 Å². The standard InChI is InChI=1S/C15H16BrFN2O/c1-10-3-2-4-15(8-10,9-18)19-14(20)11-5-12(16)7-13(17)6-11/h5-7,10H,2-4,8H2,1H3,(H,19,20). The third kappa shape index (κ3) is 3.37. The molecule has 1 amide bonds. The van der Waals surface area contributed by atoms with Crippen molar-refractivity contribution >= 4 is 21.8 Å². The summed E-state index contributed by atoms with van der Waals surface area (Å²) >= 11 is 3.16. The molecule has 0 heterocycles. The predicted molar refractivity (Wildman–Crippen MR) is 77.5 cm³/mol. The molecule has 2 rings (SSSR count). The lowest BCUT2D eigenvalue weighted by molar-refractivity contribution is 0.0890. The third-order valence-corrected chi connectivity index (χ3v) is 4.15. The molecule has 1 aromatic carbocycles. The van der Waals surface area contributed by atoms with Crippen LogP contribution in [0.3, 0.4) is 0 Å². The van der Waals surface area contributed by atoms with E-state index in [1.165, 1.54) is 12.1 Å². The number of nitrogens with one attached hydrogen (secondary N) is 1. The maximum atomic E-state index is 13.3. The highest BCUT2D eigenvalue weighted by Gasteiger charge is 2.36. The smallest absolute Gasteiger partial charge is 0.252 e. The molecule has 106 valence electrons. The second-order valence-electron chi connectivity index (χ2n) is 5.51. The zero-order chi connectivity index (χ0) is 14.8. The normalized spacial score (nSPS) is 25.8. The second kappa shape index (κ2) is 5.92. The van der Waals surface area contributed by atoms with Crippen LogP contribution in [0.4, 0.5) is 4.39 Å². The molecule has 0 spiro atoms. The molecule has 20 heavy (non-hydrogen) atoms. The average Bonchev–Trinajstić information content (AvgIpc) is 2.37. The molecule has 1 N–H and O–H groups in total. The summed E-state index contributed by atoms with van der Waals surface area (Å²) in [6.45, 7) is 2.08. The Morgan fingerprint density at radius 3 is 2.90 bits per heavy atom. The molecule has 1 aromatic rings. The minimum atomic E-state index is -0.826. The molecule has 2 atom stereocenters. The van der Waals surface area contributed by atoms with Crippen LogP contribution in [0.15, 0.2) is 22.7 Å². The van der Waals surface area contributed by atoms with E-state index in [0.29, 0.717) is 23.2 Å². The number of nitriles is 1. The minimum absolute atomic E-state index is 0.227. The number of carbonyl (C=O) groups excluding carboxylic acids is 1. The fraction of sp³-hybridized carbons (Fsp3) is 0.467. The third-order valence-electron chi connectivity index (χ3n) is 3.69. The highest BCUT2D eigenvalue weighted by atomic mass is 79.9. The number of nitrogens with zero attached hydrogens (tertiary/aromatic N) is 1. The molecule has 1 saturated carbocycles. The Labute approximate surface area is 126 Å². The van der Waals surface area contributed by atoms with Gasteiger partial charge in [-0.1, -0.05) is 29.3 Å². The highest BCUT2D eigenvalue weighted by molar-refractivity contribution is 9.10. The van der Waals surface area contributed by atoms with Crippen LogP contribution in [0.25, 0.3) is 0 Å². The van der Waals surface area contributed by atoms with E-state index in [9.17, 15) is 14.4 Å². The first-order valence-corrected chi connectivity index (χ1v) is 7.43. The van der Waals surface area contributed by atoms with Crippen LogP contribution in [0.1, 0.15) is 43.0 Å². The van der Waals surface area contributed by atoms with Gasteiger partial charge >= 0.3 is 0 Å². The van der Waals surface area contributed by atoms with Crippen LogP contribution < -0.4 is 5.32 Å². The van der Waals surface area contributed by atoms with Crippen molar-refractivity contribution in [3.05, 3.63) is 34.1 Å². The van der Waals surface area contributed by atoms with E-state index in [1.807, 2.05) is 0 Å². The molecule has 0 saturated heterocycles. The van der Waals surface area contributed by atoms with Crippen LogP contribution >= 0.6 is 15.9 Å². The lowest BCUT2D eigenvalue weighted by atomic mass is 9.77. The fourth-order valence-electron chi connectivity index (χ4n) is 2.77. The van der Waals surface area contributed by atoms with Crippen LogP contribution in [0.5, 0.6) is 0 Å². The van der Waals surface area contributed by atoms with Crippen molar-refractivity contribution in [1.29, 1.82) is 5.26 Å². The van der Waals surface area contributed by atoms with E-state index in [-0.39, 0.29) is 5.56 Å². The maximum absolute atomic E-state index is 13.3. The van der Waals surface area contributed by atoms with Gasteiger partial charge in [0, 0.05) is 10.0 Å². The lowest BCUT2D eigenvalue weighted by Crippen LogP contribution is -2.50. The zero-order valence-corrected chi connectivity index (χ0v) is 12.8. The minimum Gasteiger partial charge on any atom is -0.334 e. The van der Waals surface area contributed by atoms with Crippen LogP contribution in [-0.2, 0) is 0 Å². The molecule has 5 heteroatoms. The summed E-state index contributed by atoms with van der Waals surface area (Å²) in [5.41, 5.74) is -0.599. The molecular formula is C15H16BrFN2O. The molecule has 0 bridgehead atoms. The van der Waals surface area contributed by atoms with Crippen molar-refractivity contribution in [2.75, 3.05) is 0 Å². The van der Waals surface area contributed by atoms with Crippen LogP contribution in [0.2, 0.25) is 0 Å². The van der Waals surface area contributed by atoms with Crippen molar-refractivity contribution in [2.24, 2.45) is 5.92 Å². The quantitative estimate of drug-likeness (QED) is 0.891. The van der Waals surface area contributed by atoms with Gasteiger partial charge in [-0.05, 0) is 43.4 Å². The summed E-state index contributed by atoms with van der Waals surface area (Å²) < 4.78 is 13.8. The van der Waals surface area contributed by atoms with Gasteiger partial charge in [0.1, 0.15) is 11.4 Å². The molecule has 0 radical (unpaired) electrons. The Morgan fingerprint density at radius 1 is 1.55 bits per heavy atom. The molecular weight excluding hydrogens is 323 g/mol. The summed E-state index contributed by atoms with van der Waals surface area (Å²) in [6.07, 6.45) is 3.29. The molecule has 1 aliphatic rings. The van der Waals surface area contributed by atoms with Gasteiger partial charge in [0.25, 0.3) is 5.91 Å². The van der Waals surface area contributed by atoms with Gasteiger partial charge in [0.2, 0.25) is 0 Å². The van der Waals surface area contributed by atoms with Crippen molar-refractivity contribution < 1.29 is 9.18 Å². The summed E-state index contributed by atoms with van der Waals surface area (Å²) in [7, 11) is 0. The van der Waals surface area contributed by atoms with Gasteiger partial charge in [0.05, 0.1) is 6.07 Å². The maximum Gasteiger partial charge on any atom is 0.252 e. The first-order chi connectivity index (χ1) is 9.44. The van der Waals surface area contributed by atoms with Crippen LogP contribution in [0, 0.1) is 23.1 Å². The fourth-order valence-corrected chi connectivity index (χ4v) is 3.23. The molecule has 0 aromatic heterocycles. The van der Waals surface area contributed by atoms with Gasteiger partial charge in [-0.3, -0.25) is 4.79 Å². The average molecular weight is 339 g/mol. The predicted octanol–water partition coefficient (Wildman–Crippen LogP) is 3.79. The Morgan fingerprint density at radius 2 is 2.30 bits per heavy atom. The van der Waals surface area contributed by atoms with Crippen molar-refractivity contribution in [3.63, 3.8) is 0 Å². The Kier molecular flexibility index (Phi) is 4.44. The summed E-state index contributed by atoms with van der Waals surface area (Å²) in [4.78, 5) is 12.2. The number of hydrogen-bond acceptors (Lipinski definition) is 2. The van der Waals surface area contributed by atoms with Gasteiger partial charge in [-0.2, -0.15) is 5.26 Å². The Hall–Kier alpha value is -1.41. The number of amides is 1. The number of benzene rings is 1. The van der Waals surface area contributed by atoms with E-state index in [4.69, 9.17) is 0 Å². The summed E-state index contributed by atoms with van der Waals surface area (Å²) in [6, 6.07) is 6.26. The summed E-state index contributed by atoms with van der Waals surface area (Å²) in [5.74, 6) is -0.476. The lowest BCUT2D eigenvalue weighted by Gasteiger charge is -2.35. The van der Waals surface area contributed by atoms with Gasteiger partial charge < -0.3 is 5.32 Å². The van der Waals surface area contributed by atoms with E-state index in [1.54, 1.807) is 6.07 Å². The van der Waals surface area contributed by atoms with E-state index >= 15 is 0 Å². The van der Waals surface area contributed by atoms with Crippen molar-refractivity contribution in [2.45, 2.75) is 38.1 Å². The Balaban J connectivity index is 2.19. The van der Waals surface area contributed by atoms with Crippen LogP contribution in [-0.4, -0.2) is 11.4 Å². The van der Waals surface area contributed by atoms with E-state index in [2.05, 4.69) is 34.2 Å². The molecule has 1 fully saturated rings. The Bertz CT molecular complexity index is 549. The van der Waals surface area contributed by atoms with E-state index < -0.39 is 17.3 Å². The highest BCUT2D eigenvalue weighted by Crippen LogP contribution is 2.32. The molecule has 1 aliphatic carbocycles. The monoisotopic (exact) mass is 338 g/mol. The largest absolute Gasteiger partial charge is 0.334 e. The van der Waals surface area contributed by atoms with Crippen molar-refractivity contribution in [3.8, 4) is 6.07 Å². The first kappa shape index (κ1) is 15.0. The molecule has 0 aliphatic heterocycles. The first-order valence-electron chi connectivity index (χ1n) is 6.64. The van der Waals surface area contributed by atoms with Gasteiger partial charge in [-0.25, -0.2) is 4.39 Å². The zero-order valence-electron chi connectivity index (χ0n) is 11.2. The second-order valence-corrected chi connectivity index (χ2v) is 6.42. The number of rotatable bonds is 2. The SMILES string of the molecule is CC1CCCC(C#N)(NC(=O)c2cc(F)cc(Br)c2)C1. The number of carbonyl (C=O) groups is 1. The van der Waals surface area contributed by atoms with Gasteiger partial charge in [0.15, 0.2) is 0 Å². The topological polar surface area (TPSA) is 52.9 Å². The van der Waals surface area contributed by atoms with E-state index in [0.717, 1.165) is 12.8 Å². The summed E-state index contributed by atoms with van der Waals surface area (Å²) in [5, 5.41) is 12.2. The molecule has 2 unspecified atom stereocenters.